The molecule has 0 radical (unpaired) electrons. The summed E-state index contributed by atoms with van der Waals surface area (Å²) in [7, 11) is 0. The molecule has 8 heteroatoms. The van der Waals surface area contributed by atoms with Gasteiger partial charge in [-0.1, -0.05) is 0 Å². The van der Waals surface area contributed by atoms with Crippen molar-refractivity contribution in [2.24, 2.45) is 0 Å². The Morgan fingerprint density at radius 3 is 2.11 bits per heavy atom. The van der Waals surface area contributed by atoms with Crippen molar-refractivity contribution >= 4 is 0 Å². The molecule has 2 aliphatic rings. The van der Waals surface area contributed by atoms with E-state index in [1.807, 2.05) is 0 Å². The van der Waals surface area contributed by atoms with Crippen molar-refractivity contribution in [1.29, 1.82) is 5.26 Å². The molecule has 0 aliphatic carbocycles. The maximum atomic E-state index is 9.09. The lowest BCUT2D eigenvalue weighted by atomic mass is 10.1. The molecule has 146 valence electrons. The van der Waals surface area contributed by atoms with Gasteiger partial charge in [-0.15, -0.1) is 0 Å². The van der Waals surface area contributed by atoms with Crippen molar-refractivity contribution in [3.8, 4) is 6.07 Å². The molecular formula is C20H20N2O6. The van der Waals surface area contributed by atoms with Crippen LogP contribution in [0, 0.1) is 17.9 Å². The van der Waals surface area contributed by atoms with E-state index in [0.717, 1.165) is 0 Å². The van der Waals surface area contributed by atoms with Gasteiger partial charge in [0.15, 0.2) is 6.10 Å². The maximum Gasteiger partial charge on any atom is 0.247 e. The van der Waals surface area contributed by atoms with Gasteiger partial charge in [-0.05, 0) is 24.3 Å². The standard InChI is InChI=1S/C20H20N2O6/c1-22-10-16(14-5-3-9-24-14)28-18-12-26-19-17(11-25-20(18)19)27-15(6-7-21)13-4-2-8-23-13/h2-5,8-9,15-20H,6,10-12H2/t15?,16?,17-,18-,19?,20?/m1/s1. The summed E-state index contributed by atoms with van der Waals surface area (Å²) in [5.41, 5.74) is 0. The Balaban J connectivity index is 1.40. The molecular weight excluding hydrogens is 364 g/mol. The molecule has 0 N–H and O–H groups in total. The predicted molar refractivity (Wildman–Crippen MR) is 93.8 cm³/mol. The van der Waals surface area contributed by atoms with Crippen LogP contribution < -0.4 is 0 Å². The van der Waals surface area contributed by atoms with Gasteiger partial charge in [0.1, 0.15) is 42.0 Å². The molecule has 0 aromatic carbocycles. The fraction of sp³-hybridized carbons (Fsp3) is 0.500. The van der Waals surface area contributed by atoms with E-state index in [1.165, 1.54) is 0 Å². The van der Waals surface area contributed by atoms with Crippen molar-refractivity contribution in [1.82, 2.24) is 0 Å². The second kappa shape index (κ2) is 8.59. The average Bonchev–Trinajstić information content (AvgIpc) is 3.48. The lowest BCUT2D eigenvalue weighted by Crippen LogP contribution is -2.35. The molecule has 2 aromatic rings. The predicted octanol–water partition coefficient (Wildman–Crippen LogP) is 3.06. The Labute approximate surface area is 162 Å². The highest BCUT2D eigenvalue weighted by atomic mass is 16.6. The van der Waals surface area contributed by atoms with Crippen molar-refractivity contribution in [3.63, 3.8) is 0 Å². The molecule has 0 amide bonds. The first-order valence-electron chi connectivity index (χ1n) is 9.11. The van der Waals surface area contributed by atoms with E-state index in [-0.39, 0.29) is 37.4 Å². The van der Waals surface area contributed by atoms with Crippen LogP contribution in [0.1, 0.15) is 30.1 Å². The molecule has 28 heavy (non-hydrogen) atoms. The van der Waals surface area contributed by atoms with Crippen LogP contribution in [0.3, 0.4) is 0 Å². The lowest BCUT2D eigenvalue weighted by molar-refractivity contribution is -0.0906. The molecule has 4 heterocycles. The van der Waals surface area contributed by atoms with Crippen LogP contribution in [0.15, 0.2) is 45.6 Å². The van der Waals surface area contributed by atoms with E-state index in [1.54, 1.807) is 36.8 Å². The average molecular weight is 384 g/mol. The van der Waals surface area contributed by atoms with Crippen LogP contribution in [-0.4, -0.2) is 44.2 Å². The van der Waals surface area contributed by atoms with Crippen LogP contribution in [0.2, 0.25) is 0 Å². The molecule has 2 fully saturated rings. The van der Waals surface area contributed by atoms with Gasteiger partial charge in [0.25, 0.3) is 0 Å². The zero-order valence-electron chi connectivity index (χ0n) is 15.1. The molecule has 6 atom stereocenters. The largest absolute Gasteiger partial charge is 0.467 e. The van der Waals surface area contributed by atoms with E-state index >= 15 is 0 Å². The highest BCUT2D eigenvalue weighted by molar-refractivity contribution is 5.07. The first-order valence-corrected chi connectivity index (χ1v) is 9.11. The Kier molecular flexibility index (Phi) is 5.75. The normalized spacial score (nSPS) is 28.4. The number of hydrogen-bond donors (Lipinski definition) is 0. The Bertz CT molecular complexity index is 752. The Morgan fingerprint density at radius 1 is 1.04 bits per heavy atom. The molecule has 4 rings (SSSR count). The fourth-order valence-electron chi connectivity index (χ4n) is 3.62. The lowest BCUT2D eigenvalue weighted by Gasteiger charge is -2.21. The van der Waals surface area contributed by atoms with Gasteiger partial charge in [0.05, 0.1) is 38.2 Å². The monoisotopic (exact) mass is 384 g/mol. The topological polar surface area (TPSA) is 91.3 Å². The second-order valence-corrected chi connectivity index (χ2v) is 6.66. The van der Waals surface area contributed by atoms with E-state index in [0.29, 0.717) is 24.7 Å². The highest BCUT2D eigenvalue weighted by Crippen LogP contribution is 2.36. The zero-order valence-corrected chi connectivity index (χ0v) is 15.1. The second-order valence-electron chi connectivity index (χ2n) is 6.66. The van der Waals surface area contributed by atoms with E-state index in [9.17, 15) is 0 Å². The highest BCUT2D eigenvalue weighted by Gasteiger charge is 2.50. The smallest absolute Gasteiger partial charge is 0.247 e. The molecule has 4 unspecified atom stereocenters. The summed E-state index contributed by atoms with van der Waals surface area (Å²) >= 11 is 0. The summed E-state index contributed by atoms with van der Waals surface area (Å²) < 4.78 is 34.8. The SMILES string of the molecule is [C-]#[N+]CC(O[C@@H]1COC2C1OC[C@H]2OC(CC#N)c1ccco1)c1ccco1. The summed E-state index contributed by atoms with van der Waals surface area (Å²) in [5.74, 6) is 1.21. The summed E-state index contributed by atoms with van der Waals surface area (Å²) in [6, 6.07) is 9.23. The Hall–Kier alpha value is -2.62. The van der Waals surface area contributed by atoms with Gasteiger partial charge < -0.3 is 32.6 Å². The first kappa shape index (κ1) is 18.7. The summed E-state index contributed by atoms with van der Waals surface area (Å²) in [4.78, 5) is 3.44. The number of furan rings is 2. The quantitative estimate of drug-likeness (QED) is 0.646. The number of nitrogens with zero attached hydrogens (tertiary/aromatic N) is 2. The van der Waals surface area contributed by atoms with Gasteiger partial charge in [0, 0.05) is 0 Å². The number of rotatable bonds is 8. The summed E-state index contributed by atoms with van der Waals surface area (Å²) in [5, 5.41) is 9.09. The minimum atomic E-state index is -0.478. The molecule has 0 spiro atoms. The molecule has 0 bridgehead atoms. The fourth-order valence-corrected chi connectivity index (χ4v) is 3.62. The Morgan fingerprint density at radius 2 is 1.61 bits per heavy atom. The number of ether oxygens (including phenoxy) is 4. The van der Waals surface area contributed by atoms with Gasteiger partial charge in [-0.25, -0.2) is 6.57 Å². The third-order valence-corrected chi connectivity index (χ3v) is 4.90. The van der Waals surface area contributed by atoms with Gasteiger partial charge in [-0.2, -0.15) is 5.26 Å². The van der Waals surface area contributed by atoms with Crippen LogP contribution >= 0.6 is 0 Å². The van der Waals surface area contributed by atoms with E-state index < -0.39 is 12.2 Å². The van der Waals surface area contributed by atoms with E-state index in [4.69, 9.17) is 39.6 Å². The minimum Gasteiger partial charge on any atom is -0.467 e. The van der Waals surface area contributed by atoms with Gasteiger partial charge in [-0.3, -0.25) is 0 Å². The van der Waals surface area contributed by atoms with Crippen LogP contribution in [0.5, 0.6) is 0 Å². The molecule has 2 aromatic heterocycles. The van der Waals surface area contributed by atoms with Gasteiger partial charge in [0.2, 0.25) is 6.54 Å². The third kappa shape index (κ3) is 3.82. The van der Waals surface area contributed by atoms with Crippen LogP contribution in [0.4, 0.5) is 0 Å². The van der Waals surface area contributed by atoms with Crippen molar-refractivity contribution in [3.05, 3.63) is 59.7 Å². The minimum absolute atomic E-state index is 0.157. The zero-order chi connectivity index (χ0) is 19.3. The molecule has 2 aliphatic heterocycles. The van der Waals surface area contributed by atoms with E-state index in [2.05, 4.69) is 10.9 Å². The van der Waals surface area contributed by atoms with Crippen LogP contribution in [0.25, 0.3) is 4.85 Å². The summed E-state index contributed by atoms with van der Waals surface area (Å²) in [6.45, 7) is 8.00. The number of hydrogen-bond acceptors (Lipinski definition) is 7. The van der Waals surface area contributed by atoms with Gasteiger partial charge >= 0.3 is 0 Å². The van der Waals surface area contributed by atoms with Crippen molar-refractivity contribution in [2.75, 3.05) is 19.8 Å². The molecule has 8 nitrogen and oxygen atoms in total. The molecule has 2 saturated heterocycles. The third-order valence-electron chi connectivity index (χ3n) is 4.90. The molecule has 0 saturated carbocycles. The van der Waals surface area contributed by atoms with Crippen molar-refractivity contribution in [2.45, 2.75) is 43.0 Å². The summed E-state index contributed by atoms with van der Waals surface area (Å²) in [6.07, 6.45) is 1.08. The first-order chi connectivity index (χ1) is 13.8. The maximum absolute atomic E-state index is 9.09. The number of fused-ring (bicyclic) bond motifs is 1. The van der Waals surface area contributed by atoms with Crippen LogP contribution in [-0.2, 0) is 18.9 Å². The number of nitriles is 1. The van der Waals surface area contributed by atoms with Crippen molar-refractivity contribution < 1.29 is 27.8 Å².